The molecule has 0 aromatic heterocycles. The van der Waals surface area contributed by atoms with Crippen LogP contribution in [0, 0.1) is 0 Å². The fourth-order valence-corrected chi connectivity index (χ4v) is 4.71. The smallest absolute Gasteiger partial charge is 0.306 e. The number of ether oxygens (including phenoxy) is 2. The van der Waals surface area contributed by atoms with Crippen molar-refractivity contribution in [1.29, 1.82) is 0 Å². The molecule has 1 N–H and O–H groups in total. The third-order valence-corrected chi connectivity index (χ3v) is 7.28. The molecule has 0 heterocycles. The third-order valence-electron chi connectivity index (χ3n) is 7.28. The van der Waals surface area contributed by atoms with Crippen LogP contribution in [0.25, 0.3) is 0 Å². The highest BCUT2D eigenvalue weighted by molar-refractivity contribution is 5.69. The molecule has 0 amide bonds. The summed E-state index contributed by atoms with van der Waals surface area (Å²) in [7, 11) is 0. The standard InChI is InChI=1S/C35H66O4/c1-3-5-7-9-11-13-15-16-17-18-19-20-21-22-24-26-28-30-35(37)39-34(32-36)33-38-31-29-27-25-23-14-12-10-8-6-4-2/h11,13,16-17,34,36H,3-10,12,14-15,18-33H2,1-2H3/b13-11-,17-16-. The molecule has 0 aromatic rings. The molecule has 0 saturated heterocycles. The maximum absolute atomic E-state index is 12.1. The first-order valence-corrected chi connectivity index (χ1v) is 16.9. The van der Waals surface area contributed by atoms with Gasteiger partial charge in [0.1, 0.15) is 6.10 Å². The van der Waals surface area contributed by atoms with Crippen molar-refractivity contribution >= 4 is 5.97 Å². The van der Waals surface area contributed by atoms with Crippen molar-refractivity contribution in [3.05, 3.63) is 24.3 Å². The lowest BCUT2D eigenvalue weighted by Crippen LogP contribution is -2.27. The van der Waals surface area contributed by atoms with Crippen LogP contribution in [0.4, 0.5) is 0 Å². The monoisotopic (exact) mass is 550 g/mol. The molecule has 0 aliphatic carbocycles. The van der Waals surface area contributed by atoms with E-state index < -0.39 is 6.10 Å². The molecule has 0 spiro atoms. The van der Waals surface area contributed by atoms with Gasteiger partial charge in [0.2, 0.25) is 0 Å². The first kappa shape index (κ1) is 37.9. The Balaban J connectivity index is 3.46. The van der Waals surface area contributed by atoms with Crippen molar-refractivity contribution in [3.8, 4) is 0 Å². The van der Waals surface area contributed by atoms with E-state index in [9.17, 15) is 9.90 Å². The van der Waals surface area contributed by atoms with Crippen LogP contribution in [0.1, 0.15) is 168 Å². The van der Waals surface area contributed by atoms with Crippen LogP contribution in [-0.4, -0.2) is 37.0 Å². The molecule has 230 valence electrons. The van der Waals surface area contributed by atoms with Gasteiger partial charge in [0.25, 0.3) is 0 Å². The second-order valence-electron chi connectivity index (χ2n) is 11.2. The summed E-state index contributed by atoms with van der Waals surface area (Å²) in [5.74, 6) is -0.209. The Morgan fingerprint density at radius 2 is 1.08 bits per heavy atom. The zero-order valence-electron chi connectivity index (χ0n) is 26.2. The maximum Gasteiger partial charge on any atom is 0.306 e. The predicted molar refractivity (Wildman–Crippen MR) is 168 cm³/mol. The summed E-state index contributed by atoms with van der Waals surface area (Å²) in [6.45, 7) is 5.31. The predicted octanol–water partition coefficient (Wildman–Crippen LogP) is 10.4. The number of allylic oxidation sites excluding steroid dienone is 4. The highest BCUT2D eigenvalue weighted by Crippen LogP contribution is 2.12. The van der Waals surface area contributed by atoms with E-state index >= 15 is 0 Å². The van der Waals surface area contributed by atoms with Crippen molar-refractivity contribution in [2.24, 2.45) is 0 Å². The van der Waals surface area contributed by atoms with Crippen LogP contribution in [0.2, 0.25) is 0 Å². The molecule has 4 nitrogen and oxygen atoms in total. The zero-order valence-corrected chi connectivity index (χ0v) is 26.2. The maximum atomic E-state index is 12.1. The van der Waals surface area contributed by atoms with Crippen molar-refractivity contribution in [3.63, 3.8) is 0 Å². The molecule has 1 atom stereocenters. The van der Waals surface area contributed by atoms with Crippen molar-refractivity contribution in [2.75, 3.05) is 19.8 Å². The van der Waals surface area contributed by atoms with Gasteiger partial charge in [-0.15, -0.1) is 0 Å². The van der Waals surface area contributed by atoms with Gasteiger partial charge in [0.15, 0.2) is 0 Å². The van der Waals surface area contributed by atoms with Gasteiger partial charge in [0, 0.05) is 13.0 Å². The van der Waals surface area contributed by atoms with Crippen LogP contribution in [0.15, 0.2) is 24.3 Å². The number of aliphatic hydroxyl groups is 1. The summed E-state index contributed by atoms with van der Waals surface area (Å²) in [5, 5.41) is 9.51. The van der Waals surface area contributed by atoms with Gasteiger partial charge in [-0.3, -0.25) is 4.79 Å². The zero-order chi connectivity index (χ0) is 28.5. The Labute approximate surface area is 243 Å². The molecule has 4 heteroatoms. The molecule has 0 bridgehead atoms. The van der Waals surface area contributed by atoms with Crippen molar-refractivity contribution < 1.29 is 19.4 Å². The summed E-state index contributed by atoms with van der Waals surface area (Å²) in [5.41, 5.74) is 0. The Bertz CT molecular complexity index is 543. The van der Waals surface area contributed by atoms with Crippen LogP contribution in [0.3, 0.4) is 0 Å². The largest absolute Gasteiger partial charge is 0.457 e. The third kappa shape index (κ3) is 31.3. The van der Waals surface area contributed by atoms with Gasteiger partial charge in [-0.25, -0.2) is 0 Å². The van der Waals surface area contributed by atoms with E-state index in [0.29, 0.717) is 19.6 Å². The van der Waals surface area contributed by atoms with Crippen molar-refractivity contribution in [2.45, 2.75) is 174 Å². The minimum Gasteiger partial charge on any atom is -0.457 e. The highest BCUT2D eigenvalue weighted by atomic mass is 16.6. The first-order chi connectivity index (χ1) is 19.2. The van der Waals surface area contributed by atoms with Crippen LogP contribution >= 0.6 is 0 Å². The molecular formula is C35H66O4. The Hall–Kier alpha value is -1.13. The first-order valence-electron chi connectivity index (χ1n) is 16.9. The summed E-state index contributed by atoms with van der Waals surface area (Å²) in [4.78, 5) is 12.1. The van der Waals surface area contributed by atoms with Gasteiger partial charge < -0.3 is 14.6 Å². The fraction of sp³-hybridized carbons (Fsp3) is 0.857. The van der Waals surface area contributed by atoms with E-state index in [-0.39, 0.29) is 12.6 Å². The van der Waals surface area contributed by atoms with E-state index in [4.69, 9.17) is 9.47 Å². The normalized spacial score (nSPS) is 12.6. The molecule has 0 aliphatic rings. The number of carbonyl (C=O) groups is 1. The summed E-state index contributed by atoms with van der Waals surface area (Å²) >= 11 is 0. The molecular weight excluding hydrogens is 484 g/mol. The molecule has 0 aromatic carbocycles. The van der Waals surface area contributed by atoms with Gasteiger partial charge in [-0.2, -0.15) is 0 Å². The second-order valence-corrected chi connectivity index (χ2v) is 11.2. The van der Waals surface area contributed by atoms with Gasteiger partial charge in [0.05, 0.1) is 13.2 Å². The molecule has 39 heavy (non-hydrogen) atoms. The molecule has 0 radical (unpaired) electrons. The van der Waals surface area contributed by atoms with Crippen LogP contribution < -0.4 is 0 Å². The minimum atomic E-state index is -0.531. The number of hydrogen-bond donors (Lipinski definition) is 1. The van der Waals surface area contributed by atoms with Gasteiger partial charge in [-0.1, -0.05) is 141 Å². The topological polar surface area (TPSA) is 55.8 Å². The number of unbranched alkanes of at least 4 members (excludes halogenated alkanes) is 19. The van der Waals surface area contributed by atoms with Crippen LogP contribution in [-0.2, 0) is 14.3 Å². The summed E-state index contributed by atoms with van der Waals surface area (Å²) < 4.78 is 11.1. The Morgan fingerprint density at radius 3 is 1.64 bits per heavy atom. The lowest BCUT2D eigenvalue weighted by Gasteiger charge is -2.16. The SMILES string of the molecule is CCCCC/C=C\C/C=C\CCCCCCCCCC(=O)OC(CO)COCCCCCCCCCCCC. The Kier molecular flexibility index (Phi) is 32.1. The van der Waals surface area contributed by atoms with Crippen molar-refractivity contribution in [1.82, 2.24) is 0 Å². The van der Waals surface area contributed by atoms with Gasteiger partial charge in [-0.05, 0) is 44.9 Å². The lowest BCUT2D eigenvalue weighted by molar-refractivity contribution is -0.154. The van der Waals surface area contributed by atoms with Crippen LogP contribution in [0.5, 0.6) is 0 Å². The minimum absolute atomic E-state index is 0.172. The van der Waals surface area contributed by atoms with E-state index in [1.54, 1.807) is 0 Å². The average Bonchev–Trinajstić information content (AvgIpc) is 2.94. The number of esters is 1. The molecule has 0 aliphatic heterocycles. The van der Waals surface area contributed by atoms with E-state index in [1.807, 2.05) is 0 Å². The highest BCUT2D eigenvalue weighted by Gasteiger charge is 2.13. The van der Waals surface area contributed by atoms with E-state index in [0.717, 1.165) is 25.7 Å². The number of hydrogen-bond acceptors (Lipinski definition) is 4. The van der Waals surface area contributed by atoms with E-state index in [1.165, 1.54) is 122 Å². The molecule has 0 rings (SSSR count). The summed E-state index contributed by atoms with van der Waals surface area (Å²) in [6.07, 6.45) is 37.7. The fourth-order valence-electron chi connectivity index (χ4n) is 4.71. The number of carbonyl (C=O) groups excluding carboxylic acids is 1. The second kappa shape index (κ2) is 33.1. The quantitative estimate of drug-likeness (QED) is 0.0530. The molecule has 0 fully saturated rings. The Morgan fingerprint density at radius 1 is 0.615 bits per heavy atom. The van der Waals surface area contributed by atoms with Gasteiger partial charge >= 0.3 is 5.97 Å². The lowest BCUT2D eigenvalue weighted by atomic mass is 10.1. The molecule has 1 unspecified atom stereocenters. The number of aliphatic hydroxyl groups excluding tert-OH is 1. The summed E-state index contributed by atoms with van der Waals surface area (Å²) in [6, 6.07) is 0. The van der Waals surface area contributed by atoms with E-state index in [2.05, 4.69) is 38.2 Å². The average molecular weight is 551 g/mol. The number of rotatable bonds is 31. The molecule has 0 saturated carbocycles.